The summed E-state index contributed by atoms with van der Waals surface area (Å²) in [6.07, 6.45) is 3.35. The predicted octanol–water partition coefficient (Wildman–Crippen LogP) is 2.60. The van der Waals surface area contributed by atoms with Crippen LogP contribution >= 0.6 is 0 Å². The zero-order valence-electron chi connectivity index (χ0n) is 9.92. The Bertz CT molecular complexity index is 179. The second kappa shape index (κ2) is 4.63. The van der Waals surface area contributed by atoms with E-state index in [1.54, 1.807) is 0 Å². The molecular formula is C12H24O2. The largest absolute Gasteiger partial charge is 0.387 e. The summed E-state index contributed by atoms with van der Waals surface area (Å²) in [5.41, 5.74) is -0.573. The number of rotatable bonds is 3. The van der Waals surface area contributed by atoms with Gasteiger partial charge in [0, 0.05) is 0 Å². The average Bonchev–Trinajstić information content (AvgIpc) is 2.09. The summed E-state index contributed by atoms with van der Waals surface area (Å²) < 4.78 is 5.54. The van der Waals surface area contributed by atoms with Crippen molar-refractivity contribution in [3.05, 3.63) is 0 Å². The summed E-state index contributed by atoms with van der Waals surface area (Å²) in [6, 6.07) is 0. The minimum atomic E-state index is -0.573. The van der Waals surface area contributed by atoms with Crippen LogP contribution in [0.3, 0.4) is 0 Å². The van der Waals surface area contributed by atoms with Gasteiger partial charge in [-0.15, -0.1) is 0 Å². The molecule has 1 aliphatic rings. The Morgan fingerprint density at radius 3 is 2.57 bits per heavy atom. The SMILES string of the molecule is CC1CCC(O)(COC(C)C)C(C)C1. The lowest BCUT2D eigenvalue weighted by molar-refractivity contribution is -0.118. The lowest BCUT2D eigenvalue weighted by Crippen LogP contribution is -2.45. The Kier molecular flexibility index (Phi) is 3.96. The van der Waals surface area contributed by atoms with Crippen molar-refractivity contribution in [2.75, 3.05) is 6.61 Å². The van der Waals surface area contributed by atoms with E-state index in [0.717, 1.165) is 25.2 Å². The summed E-state index contributed by atoms with van der Waals surface area (Å²) in [7, 11) is 0. The molecule has 2 heteroatoms. The molecule has 1 fully saturated rings. The molecule has 2 nitrogen and oxygen atoms in total. The topological polar surface area (TPSA) is 29.5 Å². The molecule has 3 atom stereocenters. The zero-order chi connectivity index (χ0) is 10.8. The van der Waals surface area contributed by atoms with Crippen molar-refractivity contribution in [1.29, 1.82) is 0 Å². The molecule has 0 spiro atoms. The van der Waals surface area contributed by atoms with Crippen molar-refractivity contribution in [3.63, 3.8) is 0 Å². The van der Waals surface area contributed by atoms with Gasteiger partial charge in [0.2, 0.25) is 0 Å². The van der Waals surface area contributed by atoms with Crippen molar-refractivity contribution in [1.82, 2.24) is 0 Å². The van der Waals surface area contributed by atoms with Gasteiger partial charge in [-0.2, -0.15) is 0 Å². The van der Waals surface area contributed by atoms with Crippen molar-refractivity contribution in [2.24, 2.45) is 11.8 Å². The number of ether oxygens (including phenoxy) is 1. The molecular weight excluding hydrogens is 176 g/mol. The number of hydrogen-bond donors (Lipinski definition) is 1. The van der Waals surface area contributed by atoms with E-state index in [4.69, 9.17) is 4.74 Å². The molecule has 0 aromatic heterocycles. The second-order valence-electron chi connectivity index (χ2n) is 5.24. The molecule has 84 valence electrons. The first-order valence-electron chi connectivity index (χ1n) is 5.78. The van der Waals surface area contributed by atoms with Crippen molar-refractivity contribution < 1.29 is 9.84 Å². The smallest absolute Gasteiger partial charge is 0.0905 e. The molecule has 0 saturated heterocycles. The quantitative estimate of drug-likeness (QED) is 0.759. The number of hydrogen-bond acceptors (Lipinski definition) is 2. The van der Waals surface area contributed by atoms with E-state index in [2.05, 4.69) is 13.8 Å². The first kappa shape index (κ1) is 12.0. The molecule has 0 heterocycles. The van der Waals surface area contributed by atoms with Crippen LogP contribution in [0.5, 0.6) is 0 Å². The van der Waals surface area contributed by atoms with Crippen LogP contribution in [-0.4, -0.2) is 23.4 Å². The molecule has 0 bridgehead atoms. The molecule has 0 amide bonds. The van der Waals surface area contributed by atoms with Crippen LogP contribution in [0.2, 0.25) is 0 Å². The van der Waals surface area contributed by atoms with Crippen molar-refractivity contribution in [3.8, 4) is 0 Å². The Hall–Kier alpha value is -0.0800. The molecule has 0 aromatic rings. The molecule has 1 N–H and O–H groups in total. The summed E-state index contributed by atoms with van der Waals surface area (Å²) in [5, 5.41) is 10.4. The van der Waals surface area contributed by atoms with Crippen LogP contribution in [0.4, 0.5) is 0 Å². The molecule has 0 aromatic carbocycles. The van der Waals surface area contributed by atoms with Gasteiger partial charge in [-0.3, -0.25) is 0 Å². The summed E-state index contributed by atoms with van der Waals surface area (Å²) in [4.78, 5) is 0. The van der Waals surface area contributed by atoms with Crippen LogP contribution in [0.1, 0.15) is 47.0 Å². The van der Waals surface area contributed by atoms with Gasteiger partial charge < -0.3 is 9.84 Å². The van der Waals surface area contributed by atoms with Crippen molar-refractivity contribution in [2.45, 2.75) is 58.7 Å². The van der Waals surface area contributed by atoms with Gasteiger partial charge in [-0.05, 0) is 44.9 Å². The Labute approximate surface area is 87.7 Å². The molecule has 14 heavy (non-hydrogen) atoms. The summed E-state index contributed by atoms with van der Waals surface area (Å²) in [6.45, 7) is 8.93. The molecule has 1 saturated carbocycles. The monoisotopic (exact) mass is 200 g/mol. The molecule has 1 rings (SSSR count). The summed E-state index contributed by atoms with van der Waals surface area (Å²) >= 11 is 0. The van der Waals surface area contributed by atoms with E-state index in [1.807, 2.05) is 13.8 Å². The highest BCUT2D eigenvalue weighted by atomic mass is 16.5. The van der Waals surface area contributed by atoms with Gasteiger partial charge in [-0.25, -0.2) is 0 Å². The van der Waals surface area contributed by atoms with Crippen LogP contribution in [0, 0.1) is 11.8 Å². The Morgan fingerprint density at radius 2 is 2.07 bits per heavy atom. The van der Waals surface area contributed by atoms with E-state index in [-0.39, 0.29) is 6.10 Å². The normalized spacial score (nSPS) is 39.0. The maximum atomic E-state index is 10.4. The first-order valence-corrected chi connectivity index (χ1v) is 5.78. The molecule has 3 unspecified atom stereocenters. The second-order valence-corrected chi connectivity index (χ2v) is 5.24. The van der Waals surface area contributed by atoms with Crippen LogP contribution in [-0.2, 0) is 4.74 Å². The van der Waals surface area contributed by atoms with Gasteiger partial charge >= 0.3 is 0 Å². The third kappa shape index (κ3) is 2.96. The van der Waals surface area contributed by atoms with E-state index in [9.17, 15) is 5.11 Å². The van der Waals surface area contributed by atoms with E-state index < -0.39 is 5.60 Å². The van der Waals surface area contributed by atoms with Gasteiger partial charge in [-0.1, -0.05) is 13.8 Å². The molecule has 0 aliphatic heterocycles. The fraction of sp³-hybridized carbons (Fsp3) is 1.00. The first-order chi connectivity index (χ1) is 6.44. The third-order valence-corrected chi connectivity index (χ3v) is 3.41. The predicted molar refractivity (Wildman–Crippen MR) is 58.2 cm³/mol. The molecule has 0 radical (unpaired) electrons. The van der Waals surface area contributed by atoms with Crippen LogP contribution in [0.25, 0.3) is 0 Å². The van der Waals surface area contributed by atoms with E-state index in [0.29, 0.717) is 12.5 Å². The zero-order valence-corrected chi connectivity index (χ0v) is 9.92. The lowest BCUT2D eigenvalue weighted by atomic mass is 9.73. The highest BCUT2D eigenvalue weighted by Gasteiger charge is 2.38. The number of aliphatic hydroxyl groups is 1. The van der Waals surface area contributed by atoms with Crippen molar-refractivity contribution >= 4 is 0 Å². The minimum absolute atomic E-state index is 0.213. The fourth-order valence-corrected chi connectivity index (χ4v) is 2.21. The minimum Gasteiger partial charge on any atom is -0.387 e. The van der Waals surface area contributed by atoms with Gasteiger partial charge in [0.05, 0.1) is 18.3 Å². The highest BCUT2D eigenvalue weighted by Crippen LogP contribution is 2.36. The van der Waals surface area contributed by atoms with Gasteiger partial charge in [0.15, 0.2) is 0 Å². The maximum absolute atomic E-state index is 10.4. The Morgan fingerprint density at radius 1 is 1.43 bits per heavy atom. The standard InChI is InChI=1S/C12H24O2/c1-9(2)14-8-12(13)6-5-10(3)7-11(12)4/h9-11,13H,5-8H2,1-4H3. The summed E-state index contributed by atoms with van der Waals surface area (Å²) in [5.74, 6) is 1.12. The average molecular weight is 200 g/mol. The van der Waals surface area contributed by atoms with Gasteiger partial charge in [0.25, 0.3) is 0 Å². The van der Waals surface area contributed by atoms with Crippen LogP contribution < -0.4 is 0 Å². The van der Waals surface area contributed by atoms with Gasteiger partial charge in [0.1, 0.15) is 0 Å². The van der Waals surface area contributed by atoms with Crippen LogP contribution in [0.15, 0.2) is 0 Å². The van der Waals surface area contributed by atoms with E-state index >= 15 is 0 Å². The lowest BCUT2D eigenvalue weighted by Gasteiger charge is -2.40. The highest BCUT2D eigenvalue weighted by molar-refractivity contribution is 4.89. The molecule has 1 aliphatic carbocycles. The maximum Gasteiger partial charge on any atom is 0.0905 e. The Balaban J connectivity index is 2.46. The fourth-order valence-electron chi connectivity index (χ4n) is 2.21. The van der Waals surface area contributed by atoms with E-state index in [1.165, 1.54) is 0 Å². The third-order valence-electron chi connectivity index (χ3n) is 3.41.